The van der Waals surface area contributed by atoms with Gasteiger partial charge in [-0.05, 0) is 42.6 Å². The number of hydrogen-bond donors (Lipinski definition) is 1. The zero-order valence-corrected chi connectivity index (χ0v) is 21.1. The number of piperidine rings is 1. The van der Waals surface area contributed by atoms with Gasteiger partial charge in [0.25, 0.3) is 0 Å². The first-order valence-electron chi connectivity index (χ1n) is 11.3. The van der Waals surface area contributed by atoms with Crippen molar-refractivity contribution in [1.29, 1.82) is 0 Å². The Morgan fingerprint density at radius 2 is 1.68 bits per heavy atom. The molecule has 9 heteroatoms. The van der Waals surface area contributed by atoms with E-state index in [0.717, 1.165) is 43.6 Å². The van der Waals surface area contributed by atoms with E-state index < -0.39 is 0 Å². The number of halogens is 1. The molecule has 0 unspecified atom stereocenters. The lowest BCUT2D eigenvalue weighted by Crippen LogP contribution is -2.39. The molecule has 1 saturated heterocycles. The first kappa shape index (κ1) is 24.2. The highest BCUT2D eigenvalue weighted by Gasteiger charge is 2.23. The van der Waals surface area contributed by atoms with Crippen molar-refractivity contribution < 1.29 is 14.2 Å². The molecule has 0 bridgehead atoms. The highest BCUT2D eigenvalue weighted by Crippen LogP contribution is 2.35. The molecule has 1 N–H and O–H groups in total. The van der Waals surface area contributed by atoms with Crippen molar-refractivity contribution >= 4 is 34.0 Å². The monoisotopic (exact) mass is 485 g/mol. The minimum absolute atomic E-state index is 0.201. The van der Waals surface area contributed by atoms with Crippen LogP contribution in [0.4, 0.5) is 11.5 Å². The van der Waals surface area contributed by atoms with Crippen LogP contribution in [-0.4, -0.2) is 69.4 Å². The second kappa shape index (κ2) is 10.5. The van der Waals surface area contributed by atoms with Gasteiger partial charge in [-0.25, -0.2) is 9.97 Å². The quantitative estimate of drug-likeness (QED) is 0.469. The van der Waals surface area contributed by atoms with Crippen LogP contribution in [0.15, 0.2) is 30.3 Å². The van der Waals surface area contributed by atoms with Crippen molar-refractivity contribution in [3.63, 3.8) is 0 Å². The van der Waals surface area contributed by atoms with Gasteiger partial charge in [0.15, 0.2) is 11.5 Å². The molecule has 0 radical (unpaired) electrons. The normalized spacial score (nSPS) is 14.8. The summed E-state index contributed by atoms with van der Waals surface area (Å²) in [5, 5.41) is 4.66. The molecule has 1 fully saturated rings. The number of rotatable bonds is 8. The van der Waals surface area contributed by atoms with Crippen LogP contribution in [0.3, 0.4) is 0 Å². The van der Waals surface area contributed by atoms with Gasteiger partial charge in [0.05, 0.1) is 26.8 Å². The zero-order chi connectivity index (χ0) is 24.2. The highest BCUT2D eigenvalue weighted by atomic mass is 35.5. The molecule has 1 aromatic heterocycles. The molecule has 2 aromatic carbocycles. The molecule has 0 amide bonds. The third kappa shape index (κ3) is 5.08. The van der Waals surface area contributed by atoms with Crippen LogP contribution in [0, 0.1) is 0 Å². The van der Waals surface area contributed by atoms with E-state index in [1.165, 1.54) is 11.3 Å². The summed E-state index contributed by atoms with van der Waals surface area (Å²) in [6.07, 6.45) is 1.98. The fourth-order valence-corrected chi connectivity index (χ4v) is 4.69. The summed E-state index contributed by atoms with van der Waals surface area (Å²) in [5.74, 6) is 2.89. The Labute approximate surface area is 205 Å². The number of hydrogen-bond acceptors (Lipinski definition) is 8. The number of methoxy groups -OCH3 is 3. The summed E-state index contributed by atoms with van der Waals surface area (Å²) >= 11 is 6.23. The van der Waals surface area contributed by atoms with Gasteiger partial charge in [0.1, 0.15) is 11.6 Å². The third-order valence-corrected chi connectivity index (χ3v) is 6.46. The average Bonchev–Trinajstić information content (AvgIpc) is 2.84. The van der Waals surface area contributed by atoms with E-state index in [9.17, 15) is 0 Å². The zero-order valence-electron chi connectivity index (χ0n) is 20.4. The summed E-state index contributed by atoms with van der Waals surface area (Å²) in [7, 11) is 9.08. The van der Waals surface area contributed by atoms with E-state index in [2.05, 4.69) is 45.2 Å². The summed E-state index contributed by atoms with van der Waals surface area (Å²) in [5.41, 5.74) is 3.12. The molecule has 4 rings (SSSR count). The second-order valence-corrected chi connectivity index (χ2v) is 8.95. The standard InChI is InChI=1S/C25H32ClN5O3/c1-30(2)20-7-6-8-21(32-3)18(20)15-31-11-9-16(10-12-31)27-24-17-13-22(33-4)23(34-5)14-19(17)28-25(26)29-24/h6-8,13-14,16H,9-12,15H2,1-5H3,(H,27,28,29). The van der Waals surface area contributed by atoms with Gasteiger partial charge in [0, 0.05) is 62.5 Å². The van der Waals surface area contributed by atoms with Crippen molar-refractivity contribution in [2.45, 2.75) is 25.4 Å². The lowest BCUT2D eigenvalue weighted by Gasteiger charge is -2.34. The summed E-state index contributed by atoms with van der Waals surface area (Å²) in [6.45, 7) is 2.79. The lowest BCUT2D eigenvalue weighted by molar-refractivity contribution is 0.209. The number of ether oxygens (including phenoxy) is 3. The largest absolute Gasteiger partial charge is 0.496 e. The van der Waals surface area contributed by atoms with Gasteiger partial charge in [-0.3, -0.25) is 4.90 Å². The predicted molar refractivity (Wildman–Crippen MR) is 137 cm³/mol. The minimum atomic E-state index is 0.201. The first-order chi connectivity index (χ1) is 16.4. The molecule has 0 saturated carbocycles. The molecule has 0 atom stereocenters. The molecule has 0 aliphatic carbocycles. The van der Waals surface area contributed by atoms with Crippen LogP contribution in [0.1, 0.15) is 18.4 Å². The topological polar surface area (TPSA) is 72.0 Å². The summed E-state index contributed by atoms with van der Waals surface area (Å²) in [6, 6.07) is 10.2. The Hall–Kier alpha value is -2.97. The molecule has 182 valence electrons. The third-order valence-electron chi connectivity index (χ3n) is 6.29. The van der Waals surface area contributed by atoms with E-state index >= 15 is 0 Å². The Morgan fingerprint density at radius 3 is 2.32 bits per heavy atom. The number of benzene rings is 2. The van der Waals surface area contributed by atoms with Crippen molar-refractivity contribution in [1.82, 2.24) is 14.9 Å². The fraction of sp³-hybridized carbons (Fsp3) is 0.440. The van der Waals surface area contributed by atoms with Crippen LogP contribution < -0.4 is 24.4 Å². The van der Waals surface area contributed by atoms with Crippen LogP contribution in [-0.2, 0) is 6.54 Å². The smallest absolute Gasteiger partial charge is 0.224 e. The predicted octanol–water partition coefficient (Wildman–Crippen LogP) is 4.45. The number of aromatic nitrogens is 2. The minimum Gasteiger partial charge on any atom is -0.496 e. The summed E-state index contributed by atoms with van der Waals surface area (Å²) < 4.78 is 16.5. The maximum atomic E-state index is 6.23. The Kier molecular flexibility index (Phi) is 7.48. The maximum Gasteiger partial charge on any atom is 0.224 e. The number of anilines is 2. The van der Waals surface area contributed by atoms with Gasteiger partial charge in [-0.2, -0.15) is 0 Å². The number of nitrogens with zero attached hydrogens (tertiary/aromatic N) is 4. The van der Waals surface area contributed by atoms with Crippen LogP contribution >= 0.6 is 11.6 Å². The van der Waals surface area contributed by atoms with Crippen LogP contribution in [0.2, 0.25) is 5.28 Å². The number of nitrogens with one attached hydrogen (secondary N) is 1. The SMILES string of the molecule is COc1cc2nc(Cl)nc(NC3CCN(Cc4c(OC)cccc4N(C)C)CC3)c2cc1OC. The van der Waals surface area contributed by atoms with Gasteiger partial charge >= 0.3 is 0 Å². The van der Waals surface area contributed by atoms with E-state index in [4.69, 9.17) is 25.8 Å². The van der Waals surface area contributed by atoms with Gasteiger partial charge < -0.3 is 24.4 Å². The molecular formula is C25H32ClN5O3. The van der Waals surface area contributed by atoms with Crippen LogP contribution in [0.5, 0.6) is 17.2 Å². The molecule has 8 nitrogen and oxygen atoms in total. The van der Waals surface area contributed by atoms with Crippen LogP contribution in [0.25, 0.3) is 10.9 Å². The number of fused-ring (bicyclic) bond motifs is 1. The Morgan fingerprint density at radius 1 is 1.00 bits per heavy atom. The first-order valence-corrected chi connectivity index (χ1v) is 11.7. The molecule has 0 spiro atoms. The highest BCUT2D eigenvalue weighted by molar-refractivity contribution is 6.28. The van der Waals surface area contributed by atoms with Gasteiger partial charge in [0.2, 0.25) is 5.28 Å². The lowest BCUT2D eigenvalue weighted by atomic mass is 10.0. The van der Waals surface area contributed by atoms with Gasteiger partial charge in [-0.1, -0.05) is 6.07 Å². The summed E-state index contributed by atoms with van der Waals surface area (Å²) in [4.78, 5) is 13.5. The molecule has 1 aliphatic rings. The van der Waals surface area contributed by atoms with Crippen molar-refractivity contribution in [3.8, 4) is 17.2 Å². The average molecular weight is 486 g/mol. The second-order valence-electron chi connectivity index (χ2n) is 8.61. The van der Waals surface area contributed by atoms with E-state index in [1.807, 2.05) is 24.3 Å². The molecule has 3 aromatic rings. The molecule has 1 aliphatic heterocycles. The van der Waals surface area contributed by atoms with E-state index in [1.54, 1.807) is 21.3 Å². The number of likely N-dealkylation sites (tertiary alicyclic amines) is 1. The van der Waals surface area contributed by atoms with Crippen molar-refractivity contribution in [3.05, 3.63) is 41.2 Å². The molecule has 34 heavy (non-hydrogen) atoms. The van der Waals surface area contributed by atoms with E-state index in [-0.39, 0.29) is 11.3 Å². The fourth-order valence-electron chi connectivity index (χ4n) is 4.51. The van der Waals surface area contributed by atoms with Crippen molar-refractivity contribution in [2.24, 2.45) is 0 Å². The van der Waals surface area contributed by atoms with E-state index in [0.29, 0.717) is 22.8 Å². The van der Waals surface area contributed by atoms with Crippen molar-refractivity contribution in [2.75, 3.05) is 58.7 Å². The molecular weight excluding hydrogens is 454 g/mol. The Balaban J connectivity index is 1.48. The Bertz CT molecular complexity index is 1150. The molecule has 2 heterocycles. The van der Waals surface area contributed by atoms with Gasteiger partial charge in [-0.15, -0.1) is 0 Å². The maximum absolute atomic E-state index is 6.23.